The Kier molecular flexibility index (Phi) is 6.92. The molecule has 116 valence electrons. The van der Waals surface area contributed by atoms with Crippen LogP contribution in [0.5, 0.6) is 0 Å². The van der Waals surface area contributed by atoms with Gasteiger partial charge in [0, 0.05) is 24.9 Å². The van der Waals surface area contributed by atoms with Gasteiger partial charge in [-0.3, -0.25) is 0 Å². The predicted molar refractivity (Wildman–Crippen MR) is 87.5 cm³/mol. The van der Waals surface area contributed by atoms with Crippen LogP contribution in [0.2, 0.25) is 0 Å². The van der Waals surface area contributed by atoms with Gasteiger partial charge in [0.25, 0.3) is 0 Å². The van der Waals surface area contributed by atoms with E-state index in [0.29, 0.717) is 12.0 Å². The first kappa shape index (κ1) is 17.2. The molecule has 0 aliphatic rings. The van der Waals surface area contributed by atoms with Crippen molar-refractivity contribution < 1.29 is 9.90 Å². The van der Waals surface area contributed by atoms with Crippen LogP contribution in [0.4, 0.5) is 5.82 Å². The molecule has 0 saturated carbocycles. The monoisotopic (exact) mass is 290 g/mol. The Bertz CT molecular complexity index is 462. The van der Waals surface area contributed by atoms with Crippen molar-refractivity contribution in [3.63, 3.8) is 0 Å². The van der Waals surface area contributed by atoms with Gasteiger partial charge in [0.05, 0.1) is 0 Å². The van der Waals surface area contributed by atoms with Gasteiger partial charge in [-0.15, -0.1) is 0 Å². The number of carboxylic acid groups (broad SMARTS) is 1. The molecule has 0 bridgehead atoms. The van der Waals surface area contributed by atoms with Gasteiger partial charge in [-0.2, -0.15) is 0 Å². The maximum Gasteiger partial charge on any atom is 0.328 e. The Balaban J connectivity index is 2.95. The van der Waals surface area contributed by atoms with Gasteiger partial charge in [0.15, 0.2) is 0 Å². The Morgan fingerprint density at radius 3 is 2.43 bits per heavy atom. The quantitative estimate of drug-likeness (QED) is 0.739. The lowest BCUT2D eigenvalue weighted by Crippen LogP contribution is -2.37. The number of carboxylic acids is 1. The zero-order valence-corrected chi connectivity index (χ0v) is 13.4. The molecule has 0 spiro atoms. The highest BCUT2D eigenvalue weighted by atomic mass is 16.4. The first-order valence-corrected chi connectivity index (χ1v) is 7.61. The molecule has 4 heteroatoms. The highest BCUT2D eigenvalue weighted by molar-refractivity contribution is 5.85. The summed E-state index contributed by atoms with van der Waals surface area (Å²) in [5.41, 5.74) is 0.801. The Labute approximate surface area is 127 Å². The van der Waals surface area contributed by atoms with Crippen LogP contribution >= 0.6 is 0 Å². The number of carbonyl (C=O) groups is 1. The summed E-state index contributed by atoms with van der Waals surface area (Å²) in [4.78, 5) is 17.4. The fraction of sp³-hybridized carbons (Fsp3) is 0.529. The number of hydrogen-bond donors (Lipinski definition) is 1. The summed E-state index contributed by atoms with van der Waals surface area (Å²) >= 11 is 0. The first-order valence-electron chi connectivity index (χ1n) is 7.61. The SMILES string of the molecule is CCC(CC)N(CC(C)C)c1ccc(/C=C/C(=O)O)cn1. The third kappa shape index (κ3) is 5.58. The van der Waals surface area contributed by atoms with Crippen LogP contribution in [0.3, 0.4) is 0 Å². The number of aromatic nitrogens is 1. The molecular formula is C17H26N2O2. The average Bonchev–Trinajstić information content (AvgIpc) is 2.45. The van der Waals surface area contributed by atoms with Gasteiger partial charge in [0.1, 0.15) is 5.82 Å². The van der Waals surface area contributed by atoms with Crippen LogP contribution in [0.1, 0.15) is 46.1 Å². The first-order chi connectivity index (χ1) is 9.97. The topological polar surface area (TPSA) is 53.4 Å². The van der Waals surface area contributed by atoms with E-state index in [0.717, 1.165) is 36.8 Å². The molecule has 0 radical (unpaired) electrons. The maximum absolute atomic E-state index is 10.5. The number of hydrogen-bond acceptors (Lipinski definition) is 3. The molecule has 0 unspecified atom stereocenters. The van der Waals surface area contributed by atoms with Crippen LogP contribution in [0.15, 0.2) is 24.4 Å². The molecule has 1 N–H and O–H groups in total. The molecule has 0 atom stereocenters. The molecule has 0 fully saturated rings. The lowest BCUT2D eigenvalue weighted by Gasteiger charge is -2.33. The van der Waals surface area contributed by atoms with E-state index in [-0.39, 0.29) is 0 Å². The van der Waals surface area contributed by atoms with Crippen molar-refractivity contribution in [3.05, 3.63) is 30.0 Å². The third-order valence-electron chi connectivity index (χ3n) is 3.43. The van der Waals surface area contributed by atoms with E-state index >= 15 is 0 Å². The van der Waals surface area contributed by atoms with Crippen molar-refractivity contribution in [3.8, 4) is 0 Å². The zero-order chi connectivity index (χ0) is 15.8. The molecular weight excluding hydrogens is 264 g/mol. The average molecular weight is 290 g/mol. The molecule has 0 aromatic carbocycles. The summed E-state index contributed by atoms with van der Waals surface area (Å²) in [6, 6.07) is 4.37. The molecule has 4 nitrogen and oxygen atoms in total. The van der Waals surface area contributed by atoms with Crippen LogP contribution < -0.4 is 4.90 Å². The van der Waals surface area contributed by atoms with Crippen LogP contribution in [0.25, 0.3) is 6.08 Å². The van der Waals surface area contributed by atoms with E-state index in [4.69, 9.17) is 5.11 Å². The lowest BCUT2D eigenvalue weighted by molar-refractivity contribution is -0.131. The molecule has 0 aliphatic heterocycles. The van der Waals surface area contributed by atoms with Gasteiger partial charge < -0.3 is 10.0 Å². The van der Waals surface area contributed by atoms with E-state index in [9.17, 15) is 4.79 Å². The molecule has 0 aliphatic carbocycles. The van der Waals surface area contributed by atoms with E-state index in [2.05, 4.69) is 37.6 Å². The molecule has 21 heavy (non-hydrogen) atoms. The summed E-state index contributed by atoms with van der Waals surface area (Å²) in [5.74, 6) is 0.585. The Morgan fingerprint density at radius 2 is 2.00 bits per heavy atom. The molecule has 0 saturated heterocycles. The third-order valence-corrected chi connectivity index (χ3v) is 3.43. The largest absolute Gasteiger partial charge is 0.478 e. The Morgan fingerprint density at radius 1 is 1.33 bits per heavy atom. The minimum Gasteiger partial charge on any atom is -0.478 e. The number of anilines is 1. The number of pyridine rings is 1. The van der Waals surface area contributed by atoms with E-state index in [1.165, 1.54) is 0 Å². The van der Waals surface area contributed by atoms with Crippen LogP contribution in [-0.2, 0) is 4.79 Å². The summed E-state index contributed by atoms with van der Waals surface area (Å²) in [6.07, 6.45) is 6.59. The molecule has 1 heterocycles. The van der Waals surface area contributed by atoms with Gasteiger partial charge >= 0.3 is 5.97 Å². The van der Waals surface area contributed by atoms with Gasteiger partial charge in [-0.05, 0) is 42.5 Å². The van der Waals surface area contributed by atoms with Gasteiger partial charge in [-0.1, -0.05) is 27.7 Å². The maximum atomic E-state index is 10.5. The van der Waals surface area contributed by atoms with E-state index in [1.807, 2.05) is 12.1 Å². The molecule has 1 aromatic heterocycles. The standard InChI is InChI=1S/C17H26N2O2/c1-5-15(6-2)19(12-13(3)4)16-9-7-14(11-18-16)8-10-17(20)21/h7-11,13,15H,5-6,12H2,1-4H3,(H,20,21)/b10-8+. The summed E-state index contributed by atoms with van der Waals surface area (Å²) in [5, 5.41) is 8.64. The number of nitrogens with zero attached hydrogens (tertiary/aromatic N) is 2. The summed E-state index contributed by atoms with van der Waals surface area (Å²) in [6.45, 7) is 9.79. The van der Waals surface area contributed by atoms with Crippen molar-refractivity contribution in [2.75, 3.05) is 11.4 Å². The Hall–Kier alpha value is -1.84. The van der Waals surface area contributed by atoms with E-state index < -0.39 is 5.97 Å². The molecule has 0 amide bonds. The van der Waals surface area contributed by atoms with Crippen molar-refractivity contribution in [1.82, 2.24) is 4.98 Å². The molecule has 1 rings (SSSR count). The second-order valence-corrected chi connectivity index (χ2v) is 5.64. The highest BCUT2D eigenvalue weighted by Crippen LogP contribution is 2.20. The predicted octanol–water partition coefficient (Wildman–Crippen LogP) is 3.83. The number of aliphatic carboxylic acids is 1. The van der Waals surface area contributed by atoms with Crippen LogP contribution in [-0.4, -0.2) is 28.6 Å². The van der Waals surface area contributed by atoms with Gasteiger partial charge in [0.2, 0.25) is 0 Å². The van der Waals surface area contributed by atoms with Crippen molar-refractivity contribution in [1.29, 1.82) is 0 Å². The van der Waals surface area contributed by atoms with Crippen molar-refractivity contribution >= 4 is 17.9 Å². The zero-order valence-electron chi connectivity index (χ0n) is 13.4. The van der Waals surface area contributed by atoms with E-state index in [1.54, 1.807) is 12.3 Å². The lowest BCUT2D eigenvalue weighted by atomic mass is 10.1. The van der Waals surface area contributed by atoms with Crippen molar-refractivity contribution in [2.24, 2.45) is 5.92 Å². The minimum atomic E-state index is -0.947. The van der Waals surface area contributed by atoms with Crippen molar-refractivity contribution in [2.45, 2.75) is 46.6 Å². The summed E-state index contributed by atoms with van der Waals surface area (Å²) in [7, 11) is 0. The fourth-order valence-corrected chi connectivity index (χ4v) is 2.39. The second kappa shape index (κ2) is 8.45. The number of rotatable bonds is 8. The summed E-state index contributed by atoms with van der Waals surface area (Å²) < 4.78 is 0. The minimum absolute atomic E-state index is 0.486. The molecule has 1 aromatic rings. The smallest absolute Gasteiger partial charge is 0.328 e. The fourth-order valence-electron chi connectivity index (χ4n) is 2.39. The highest BCUT2D eigenvalue weighted by Gasteiger charge is 2.17. The second-order valence-electron chi connectivity index (χ2n) is 5.64. The van der Waals surface area contributed by atoms with Crippen LogP contribution in [0, 0.1) is 5.92 Å². The normalized spacial score (nSPS) is 11.5. The van der Waals surface area contributed by atoms with Gasteiger partial charge in [-0.25, -0.2) is 9.78 Å².